The Kier molecular flexibility index (Phi) is 5.02. The van der Waals surface area contributed by atoms with Crippen LogP contribution in [-0.4, -0.2) is 17.0 Å². The molecule has 0 saturated heterocycles. The molecule has 0 atom stereocenters. The van der Waals surface area contributed by atoms with Crippen molar-refractivity contribution in [1.82, 2.24) is 10.2 Å². The molecule has 1 fully saturated rings. The third-order valence-electron chi connectivity index (χ3n) is 4.72. The van der Waals surface area contributed by atoms with Crippen LogP contribution in [-0.2, 0) is 6.54 Å². The van der Waals surface area contributed by atoms with Crippen molar-refractivity contribution in [2.45, 2.75) is 31.5 Å². The van der Waals surface area contributed by atoms with Gasteiger partial charge in [-0.05, 0) is 46.4 Å². The predicted molar refractivity (Wildman–Crippen MR) is 106 cm³/mol. The molecular formula is C22H22N2OS. The maximum absolute atomic E-state index is 13.1. The summed E-state index contributed by atoms with van der Waals surface area (Å²) in [5, 5.41) is 7.46. The van der Waals surface area contributed by atoms with Crippen molar-refractivity contribution in [3.8, 4) is 0 Å². The molecule has 4 heteroatoms. The van der Waals surface area contributed by atoms with Gasteiger partial charge < -0.3 is 10.2 Å². The lowest BCUT2D eigenvalue weighted by atomic mass is 9.99. The Morgan fingerprint density at radius 3 is 2.12 bits per heavy atom. The Balaban J connectivity index is 1.57. The van der Waals surface area contributed by atoms with Crippen molar-refractivity contribution >= 4 is 17.4 Å². The van der Waals surface area contributed by atoms with E-state index in [1.165, 1.54) is 5.56 Å². The van der Waals surface area contributed by atoms with Gasteiger partial charge in [-0.3, -0.25) is 0 Å². The van der Waals surface area contributed by atoms with E-state index < -0.39 is 0 Å². The lowest BCUT2D eigenvalue weighted by molar-refractivity contribution is 0.189. The standard InChI is InChI=1S/C22H22N2OS/c25-22(24(20-11-12-20)15-17-13-14-26-16-17)23-21(18-7-3-1-4-8-18)19-9-5-2-6-10-19/h1-10,13-14,16,20-21H,11-12,15H2,(H,23,25). The molecule has 1 aliphatic rings. The molecule has 26 heavy (non-hydrogen) atoms. The first-order valence-electron chi connectivity index (χ1n) is 8.99. The van der Waals surface area contributed by atoms with Gasteiger partial charge in [-0.15, -0.1) is 0 Å². The van der Waals surface area contributed by atoms with E-state index >= 15 is 0 Å². The number of benzene rings is 2. The summed E-state index contributed by atoms with van der Waals surface area (Å²) < 4.78 is 0. The second-order valence-electron chi connectivity index (χ2n) is 6.69. The summed E-state index contributed by atoms with van der Waals surface area (Å²) >= 11 is 1.67. The van der Waals surface area contributed by atoms with Crippen molar-refractivity contribution in [3.63, 3.8) is 0 Å². The number of hydrogen-bond donors (Lipinski definition) is 1. The molecule has 1 aliphatic carbocycles. The molecule has 0 aliphatic heterocycles. The van der Waals surface area contributed by atoms with E-state index in [0.29, 0.717) is 12.6 Å². The molecule has 0 bridgehead atoms. The molecule has 2 amide bonds. The van der Waals surface area contributed by atoms with E-state index in [1.54, 1.807) is 11.3 Å². The van der Waals surface area contributed by atoms with E-state index in [4.69, 9.17) is 0 Å². The number of thiophene rings is 1. The normalized spacial score (nSPS) is 13.6. The lowest BCUT2D eigenvalue weighted by Gasteiger charge is -2.27. The fraction of sp³-hybridized carbons (Fsp3) is 0.227. The average Bonchev–Trinajstić information content (AvgIpc) is 3.40. The zero-order valence-corrected chi connectivity index (χ0v) is 15.4. The van der Waals surface area contributed by atoms with Crippen LogP contribution in [0.2, 0.25) is 0 Å². The molecule has 4 rings (SSSR count). The second kappa shape index (κ2) is 7.75. The van der Waals surface area contributed by atoms with Gasteiger partial charge in [-0.25, -0.2) is 4.79 Å². The van der Waals surface area contributed by atoms with Crippen LogP contribution in [0, 0.1) is 0 Å². The predicted octanol–water partition coefficient (Wildman–Crippen LogP) is 5.21. The summed E-state index contributed by atoms with van der Waals surface area (Å²) in [4.78, 5) is 15.1. The van der Waals surface area contributed by atoms with Gasteiger partial charge in [-0.1, -0.05) is 60.7 Å². The molecule has 1 saturated carbocycles. The fourth-order valence-corrected chi connectivity index (χ4v) is 3.85. The van der Waals surface area contributed by atoms with Gasteiger partial charge in [0.2, 0.25) is 0 Å². The van der Waals surface area contributed by atoms with Gasteiger partial charge in [-0.2, -0.15) is 11.3 Å². The van der Waals surface area contributed by atoms with Crippen molar-refractivity contribution in [2.75, 3.05) is 0 Å². The summed E-state index contributed by atoms with van der Waals surface area (Å²) in [5.74, 6) is 0. The number of nitrogens with zero attached hydrogens (tertiary/aromatic N) is 1. The van der Waals surface area contributed by atoms with Crippen LogP contribution in [0.3, 0.4) is 0 Å². The Bertz CT molecular complexity index is 790. The first-order valence-corrected chi connectivity index (χ1v) is 9.93. The SMILES string of the molecule is O=C(NC(c1ccccc1)c1ccccc1)N(Cc1ccsc1)C1CC1. The number of carbonyl (C=O) groups excluding carboxylic acids is 1. The quantitative estimate of drug-likeness (QED) is 0.641. The zero-order valence-electron chi connectivity index (χ0n) is 14.5. The molecule has 3 nitrogen and oxygen atoms in total. The number of amides is 2. The van der Waals surface area contributed by atoms with Crippen LogP contribution in [0.25, 0.3) is 0 Å². The van der Waals surface area contributed by atoms with Crippen LogP contribution in [0.1, 0.15) is 35.6 Å². The van der Waals surface area contributed by atoms with E-state index in [-0.39, 0.29) is 12.1 Å². The smallest absolute Gasteiger partial charge is 0.318 e. The largest absolute Gasteiger partial charge is 0.327 e. The first kappa shape index (κ1) is 16.9. The second-order valence-corrected chi connectivity index (χ2v) is 7.47. The highest BCUT2D eigenvalue weighted by atomic mass is 32.1. The maximum atomic E-state index is 13.1. The molecular weight excluding hydrogens is 340 g/mol. The molecule has 3 aromatic rings. The van der Waals surface area contributed by atoms with E-state index in [2.05, 4.69) is 46.4 Å². The van der Waals surface area contributed by atoms with Crippen molar-refractivity contribution in [1.29, 1.82) is 0 Å². The van der Waals surface area contributed by atoms with E-state index in [0.717, 1.165) is 24.0 Å². The first-order chi connectivity index (χ1) is 12.8. The van der Waals surface area contributed by atoms with Gasteiger partial charge in [0.25, 0.3) is 0 Å². The molecule has 0 spiro atoms. The lowest BCUT2D eigenvalue weighted by Crippen LogP contribution is -2.42. The minimum atomic E-state index is -0.145. The van der Waals surface area contributed by atoms with E-state index in [9.17, 15) is 4.79 Å². The van der Waals surface area contributed by atoms with Crippen LogP contribution in [0.4, 0.5) is 4.79 Å². The Labute approximate surface area is 158 Å². The van der Waals surface area contributed by atoms with Crippen LogP contribution >= 0.6 is 11.3 Å². The number of rotatable bonds is 6. The summed E-state index contributed by atoms with van der Waals surface area (Å²) in [6, 6.07) is 22.7. The number of carbonyl (C=O) groups is 1. The molecule has 1 N–H and O–H groups in total. The Hall–Kier alpha value is -2.59. The van der Waals surface area contributed by atoms with Crippen LogP contribution < -0.4 is 5.32 Å². The van der Waals surface area contributed by atoms with Gasteiger partial charge in [0.1, 0.15) is 0 Å². The van der Waals surface area contributed by atoms with Crippen molar-refractivity contribution < 1.29 is 4.79 Å². The Morgan fingerprint density at radius 2 is 1.62 bits per heavy atom. The third-order valence-corrected chi connectivity index (χ3v) is 5.45. The molecule has 1 heterocycles. The third kappa shape index (κ3) is 3.97. The topological polar surface area (TPSA) is 32.3 Å². The zero-order chi connectivity index (χ0) is 17.8. The monoisotopic (exact) mass is 362 g/mol. The van der Waals surface area contributed by atoms with Crippen molar-refractivity contribution in [2.24, 2.45) is 0 Å². The fourth-order valence-electron chi connectivity index (χ4n) is 3.19. The molecule has 132 valence electrons. The summed E-state index contributed by atoms with van der Waals surface area (Å²) in [7, 11) is 0. The molecule has 0 unspecified atom stereocenters. The summed E-state index contributed by atoms with van der Waals surface area (Å²) in [6.07, 6.45) is 2.19. The van der Waals surface area contributed by atoms with Crippen LogP contribution in [0.15, 0.2) is 77.5 Å². The number of nitrogens with one attached hydrogen (secondary N) is 1. The highest BCUT2D eigenvalue weighted by Gasteiger charge is 2.33. The highest BCUT2D eigenvalue weighted by molar-refractivity contribution is 7.07. The van der Waals surface area contributed by atoms with Gasteiger partial charge in [0, 0.05) is 12.6 Å². The number of urea groups is 1. The molecule has 0 radical (unpaired) electrons. The Morgan fingerprint density at radius 1 is 1.00 bits per heavy atom. The van der Waals surface area contributed by atoms with Gasteiger partial charge >= 0.3 is 6.03 Å². The molecule has 2 aromatic carbocycles. The van der Waals surface area contributed by atoms with Gasteiger partial charge in [0.15, 0.2) is 0 Å². The van der Waals surface area contributed by atoms with E-state index in [1.807, 2.05) is 41.3 Å². The van der Waals surface area contributed by atoms with Gasteiger partial charge in [0.05, 0.1) is 6.04 Å². The molecule has 1 aromatic heterocycles. The average molecular weight is 362 g/mol. The maximum Gasteiger partial charge on any atom is 0.318 e. The highest BCUT2D eigenvalue weighted by Crippen LogP contribution is 2.30. The summed E-state index contributed by atoms with van der Waals surface area (Å²) in [5.41, 5.74) is 3.39. The number of hydrogen-bond acceptors (Lipinski definition) is 2. The van der Waals surface area contributed by atoms with Crippen molar-refractivity contribution in [3.05, 3.63) is 94.2 Å². The minimum absolute atomic E-state index is 0.0106. The van der Waals surface area contributed by atoms with Crippen LogP contribution in [0.5, 0.6) is 0 Å². The minimum Gasteiger partial charge on any atom is -0.327 e. The summed E-state index contributed by atoms with van der Waals surface area (Å²) in [6.45, 7) is 0.677.